The van der Waals surface area contributed by atoms with Crippen molar-refractivity contribution in [2.24, 2.45) is 0 Å². The van der Waals surface area contributed by atoms with Gasteiger partial charge < -0.3 is 9.72 Å². The lowest BCUT2D eigenvalue weighted by molar-refractivity contribution is 0.416. The summed E-state index contributed by atoms with van der Waals surface area (Å²) in [7, 11) is 6.43. The van der Waals surface area contributed by atoms with Crippen molar-refractivity contribution in [3.8, 4) is 17.1 Å². The minimum Gasteiger partial charge on any atom is -0.496 e. The summed E-state index contributed by atoms with van der Waals surface area (Å²) in [5.41, 5.74) is 2.24. The minimum atomic E-state index is -3.72. The van der Waals surface area contributed by atoms with E-state index in [0.717, 1.165) is 24.1 Å². The fraction of sp³-hybridized carbons (Fsp3) is 0.450. The first-order valence-electron chi connectivity index (χ1n) is 10.0. The molecule has 1 fully saturated rings. The number of H-pyrrole nitrogens is 1. The van der Waals surface area contributed by atoms with Crippen LogP contribution in [0.5, 0.6) is 5.75 Å². The summed E-state index contributed by atoms with van der Waals surface area (Å²) in [6, 6.07) is 7.57. The van der Waals surface area contributed by atoms with Crippen LogP contribution in [-0.2, 0) is 14.8 Å². The number of benzene rings is 1. The lowest BCUT2D eigenvalue weighted by Crippen LogP contribution is -2.13. The lowest BCUT2D eigenvalue weighted by atomic mass is 9.86. The quantitative estimate of drug-likeness (QED) is 0.541. The van der Waals surface area contributed by atoms with Gasteiger partial charge in [-0.2, -0.15) is 13.5 Å². The highest BCUT2D eigenvalue weighted by Gasteiger charge is 2.25. The maximum Gasteiger partial charge on any atom is 0.317 e. The van der Waals surface area contributed by atoms with Crippen LogP contribution < -0.4 is 10.3 Å². The van der Waals surface area contributed by atoms with E-state index in [0.29, 0.717) is 35.1 Å². The molecule has 1 aliphatic carbocycles. The molecule has 0 unspecified atom stereocenters. The van der Waals surface area contributed by atoms with E-state index in [4.69, 9.17) is 23.2 Å². The van der Waals surface area contributed by atoms with Crippen molar-refractivity contribution in [3.63, 3.8) is 0 Å². The summed E-state index contributed by atoms with van der Waals surface area (Å²) in [5, 5.41) is 5.42. The van der Waals surface area contributed by atoms with Gasteiger partial charge in [-0.15, -0.1) is 0 Å². The molecule has 2 aromatic heterocycles. The Kier molecular flexibility index (Phi) is 7.61. The Morgan fingerprint density at radius 2 is 1.84 bits per heavy atom. The summed E-state index contributed by atoms with van der Waals surface area (Å²) in [5.74, 6) is 1.56. The van der Waals surface area contributed by atoms with Crippen LogP contribution in [0.3, 0.4) is 0 Å². The second-order valence-electron chi connectivity index (χ2n) is 7.23. The number of rotatable bonds is 4. The number of fused-ring (bicyclic) bond motifs is 1. The van der Waals surface area contributed by atoms with Crippen LogP contribution in [0.1, 0.15) is 50.6 Å². The van der Waals surface area contributed by atoms with Gasteiger partial charge in [-0.25, -0.2) is 9.67 Å². The average Bonchev–Trinajstić information content (AvgIpc) is 3.12. The molecule has 2 heterocycles. The Morgan fingerprint density at radius 3 is 2.45 bits per heavy atom. The van der Waals surface area contributed by atoms with Crippen LogP contribution in [-0.4, -0.2) is 35.3 Å². The Hall–Kier alpha value is -2.10. The van der Waals surface area contributed by atoms with Gasteiger partial charge in [0.05, 0.1) is 18.4 Å². The van der Waals surface area contributed by atoms with Crippen molar-refractivity contribution >= 4 is 40.7 Å². The molecule has 0 saturated heterocycles. The highest BCUT2D eigenvalue weighted by molar-refractivity contribution is 8.31. The fourth-order valence-electron chi connectivity index (χ4n) is 3.96. The van der Waals surface area contributed by atoms with Gasteiger partial charge in [-0.1, -0.05) is 31.4 Å². The Balaban J connectivity index is 0.000000491. The van der Waals surface area contributed by atoms with Crippen LogP contribution in [0.15, 0.2) is 29.1 Å². The molecule has 1 N–H and O–H groups in total. The number of aromatic amines is 1. The number of aryl methyl sites for hydroxylation is 1. The molecule has 0 radical (unpaired) electrons. The molecule has 0 amide bonds. The number of nitrogens with one attached hydrogen (secondary N) is 1. The smallest absolute Gasteiger partial charge is 0.317 e. The number of nitrogens with zero attached hydrogens (tertiary/aromatic N) is 3. The van der Waals surface area contributed by atoms with Gasteiger partial charge in [0.15, 0.2) is 5.65 Å². The molecule has 1 saturated carbocycles. The number of ether oxygens (including phenoxy) is 1. The van der Waals surface area contributed by atoms with Crippen LogP contribution in [0.2, 0.25) is 0 Å². The fourth-order valence-corrected chi connectivity index (χ4v) is 3.96. The number of hydrogen-bond acceptors (Lipinski definition) is 6. The molecule has 1 aromatic carbocycles. The van der Waals surface area contributed by atoms with E-state index in [-0.39, 0.29) is 5.56 Å². The highest BCUT2D eigenvalue weighted by Crippen LogP contribution is 2.35. The first-order valence-corrected chi connectivity index (χ1v) is 13.1. The highest BCUT2D eigenvalue weighted by atomic mass is 36.0. The zero-order valence-electron chi connectivity index (χ0n) is 17.3. The molecule has 0 bridgehead atoms. The predicted octanol–water partition coefficient (Wildman–Crippen LogP) is 4.57. The van der Waals surface area contributed by atoms with E-state index in [9.17, 15) is 4.79 Å². The maximum absolute atomic E-state index is 13.0. The standard InChI is InChI=1S/C20H24N4O2.Cl2O2S/c1-3-24-19-16(17(23-24)13-9-5-4-6-10-13)20(25)22-18(21-19)14-11-7-8-12-15(14)26-2;1-5(2,3)4/h7-8,11-13H,3-6,9-10H2,1-2H3,(H,21,22,25);. The number of hydrogen-bond donors (Lipinski definition) is 1. The molecule has 0 aliphatic heterocycles. The number of para-hydroxylation sites is 1. The van der Waals surface area contributed by atoms with Gasteiger partial charge in [0.2, 0.25) is 0 Å². The van der Waals surface area contributed by atoms with E-state index in [2.05, 4.69) is 26.3 Å². The predicted molar refractivity (Wildman–Crippen MR) is 122 cm³/mol. The molecular formula is C20H24Cl2N4O4S. The van der Waals surface area contributed by atoms with Crippen LogP contribution >= 0.6 is 21.4 Å². The lowest BCUT2D eigenvalue weighted by Gasteiger charge is -2.19. The Morgan fingerprint density at radius 1 is 1.19 bits per heavy atom. The zero-order valence-corrected chi connectivity index (χ0v) is 19.6. The summed E-state index contributed by atoms with van der Waals surface area (Å²) in [4.78, 5) is 20.7. The topological polar surface area (TPSA) is 107 Å². The monoisotopic (exact) mass is 486 g/mol. The third kappa shape index (κ3) is 5.78. The molecule has 0 atom stereocenters. The largest absolute Gasteiger partial charge is 0.496 e. The maximum atomic E-state index is 13.0. The average molecular weight is 487 g/mol. The van der Waals surface area contributed by atoms with Crippen molar-refractivity contribution in [1.82, 2.24) is 19.7 Å². The molecule has 8 nitrogen and oxygen atoms in total. The summed E-state index contributed by atoms with van der Waals surface area (Å²) >= 11 is 0. The Labute approximate surface area is 189 Å². The van der Waals surface area contributed by atoms with Crippen molar-refractivity contribution < 1.29 is 13.2 Å². The SMILES string of the molecule is CCn1nc(C2CCCCC2)c2c(=O)[nH]c(-c3ccccc3OC)nc21.O=S(=O)(Cl)Cl. The van der Waals surface area contributed by atoms with Crippen molar-refractivity contribution in [2.45, 2.75) is 51.5 Å². The van der Waals surface area contributed by atoms with E-state index in [1.807, 2.05) is 35.9 Å². The van der Waals surface area contributed by atoms with E-state index in [1.54, 1.807) is 7.11 Å². The van der Waals surface area contributed by atoms with E-state index >= 15 is 0 Å². The van der Waals surface area contributed by atoms with E-state index in [1.165, 1.54) is 19.3 Å². The summed E-state index contributed by atoms with van der Waals surface area (Å²) in [6.45, 7) is 2.72. The third-order valence-corrected chi connectivity index (χ3v) is 5.28. The minimum absolute atomic E-state index is 0.115. The van der Waals surface area contributed by atoms with Crippen LogP contribution in [0, 0.1) is 0 Å². The van der Waals surface area contributed by atoms with Gasteiger partial charge >= 0.3 is 8.26 Å². The molecule has 11 heteroatoms. The molecule has 0 spiro atoms. The first-order chi connectivity index (χ1) is 14.7. The molecule has 31 heavy (non-hydrogen) atoms. The molecule has 4 rings (SSSR count). The molecule has 168 valence electrons. The van der Waals surface area contributed by atoms with Gasteiger partial charge in [0, 0.05) is 33.8 Å². The first kappa shape index (κ1) is 23.6. The summed E-state index contributed by atoms with van der Waals surface area (Å²) in [6.07, 6.45) is 5.88. The van der Waals surface area contributed by atoms with Crippen LogP contribution in [0.25, 0.3) is 22.4 Å². The van der Waals surface area contributed by atoms with Gasteiger partial charge in [0.1, 0.15) is 17.0 Å². The zero-order chi connectivity index (χ0) is 22.6. The van der Waals surface area contributed by atoms with Gasteiger partial charge in [-0.05, 0) is 31.9 Å². The second-order valence-corrected chi connectivity index (χ2v) is 10.9. The van der Waals surface area contributed by atoms with Crippen molar-refractivity contribution in [2.75, 3.05) is 7.11 Å². The summed E-state index contributed by atoms with van der Waals surface area (Å²) < 4.78 is 25.6. The molecule has 3 aromatic rings. The number of methoxy groups -OCH3 is 1. The van der Waals surface area contributed by atoms with Crippen molar-refractivity contribution in [3.05, 3.63) is 40.3 Å². The molecule has 1 aliphatic rings. The van der Waals surface area contributed by atoms with Crippen LogP contribution in [0.4, 0.5) is 0 Å². The van der Waals surface area contributed by atoms with Gasteiger partial charge in [0.25, 0.3) is 5.56 Å². The second kappa shape index (κ2) is 10.0. The normalized spacial score (nSPS) is 14.8. The molecular weight excluding hydrogens is 463 g/mol. The number of aromatic nitrogens is 4. The third-order valence-electron chi connectivity index (χ3n) is 5.28. The van der Waals surface area contributed by atoms with Crippen molar-refractivity contribution in [1.29, 1.82) is 0 Å². The van der Waals surface area contributed by atoms with Gasteiger partial charge in [-0.3, -0.25) is 4.79 Å². The number of halogens is 2. The Bertz CT molecular complexity index is 1210. The van der Waals surface area contributed by atoms with E-state index < -0.39 is 8.26 Å².